The third kappa shape index (κ3) is 25.4. The Kier molecular flexibility index (Phi) is 31.4. The lowest BCUT2D eigenvalue weighted by Crippen LogP contribution is -2.75. The van der Waals surface area contributed by atoms with Gasteiger partial charge in [-0.1, -0.05) is 243 Å². The van der Waals surface area contributed by atoms with Crippen molar-refractivity contribution >= 4 is 36.4 Å². The van der Waals surface area contributed by atoms with Gasteiger partial charge in [-0.05, 0) is 70.2 Å². The first-order valence-electron chi connectivity index (χ1n) is 37.0. The Bertz CT molecular complexity index is 4100. The van der Waals surface area contributed by atoms with E-state index >= 15 is 4.79 Å². The average molecular weight is 1520 g/mol. The molecule has 0 aromatic heterocycles. The summed E-state index contributed by atoms with van der Waals surface area (Å²) < 4.78 is 76.5. The highest BCUT2D eigenvalue weighted by Crippen LogP contribution is 2.36. The first-order chi connectivity index (χ1) is 54.3. The highest BCUT2D eigenvalue weighted by Gasteiger charge is 2.58. The molecule has 586 valence electrons. The minimum Gasteiger partial charge on any atom is -0.445 e. The Balaban J connectivity index is 0.997. The van der Waals surface area contributed by atoms with Crippen LogP contribution in [0, 0.1) is 0 Å². The zero-order valence-corrected chi connectivity index (χ0v) is 61.1. The molecule has 1 saturated carbocycles. The molecule has 27 nitrogen and oxygen atoms in total. The van der Waals surface area contributed by atoms with Crippen LogP contribution >= 0.6 is 0 Å². The molecule has 2 saturated heterocycles. The monoisotopic (exact) mass is 1520 g/mol. The summed E-state index contributed by atoms with van der Waals surface area (Å²) in [4.78, 5) is 85.7. The predicted molar refractivity (Wildman–Crippen MR) is 402 cm³/mol. The Morgan fingerprint density at radius 3 is 1.19 bits per heavy atom. The van der Waals surface area contributed by atoms with Crippen molar-refractivity contribution in [3.8, 4) is 0 Å². The van der Waals surface area contributed by atoms with E-state index in [1.165, 1.54) is 0 Å². The smallest absolute Gasteiger partial charge is 0.407 e. The minimum absolute atomic E-state index is 0.000753. The van der Waals surface area contributed by atoms with Crippen LogP contribution in [0.4, 0.5) is 24.0 Å². The van der Waals surface area contributed by atoms with Crippen LogP contribution in [-0.2, 0) is 114 Å². The summed E-state index contributed by atoms with van der Waals surface area (Å²) in [6.45, 7) is -2.17. The summed E-state index contributed by atoms with van der Waals surface area (Å²) in [6, 6.07) is 65.7. The van der Waals surface area contributed by atoms with Crippen molar-refractivity contribution in [1.82, 2.24) is 31.9 Å². The summed E-state index contributed by atoms with van der Waals surface area (Å²) in [7, 11) is 0. The van der Waals surface area contributed by atoms with E-state index in [0.717, 1.165) is 11.1 Å². The van der Waals surface area contributed by atoms with Crippen molar-refractivity contribution < 1.29 is 101 Å². The van der Waals surface area contributed by atoms with E-state index in [2.05, 4.69) is 31.9 Å². The fourth-order valence-electron chi connectivity index (χ4n) is 13.0. The molecule has 111 heavy (non-hydrogen) atoms. The van der Waals surface area contributed by atoms with Crippen LogP contribution in [0.3, 0.4) is 0 Å². The standard InChI is InChI=1S/C84H94N6O21/c91-47-67-71(92)68(89-83(98)106-54-62-38-21-7-22-39-62)76(102-50-58-30-13-3-14-31-58)79(109-67)111-74-69(88-77(94)66(100-48-56-26-9-1-10-27-56)42-25-45-85-80(95)103-51-59-32-15-4-16-33-59)73(101-49-57-28-11-2-12-29-57)70(90-84(99)107-55-63-40-23-8-24-41-63)75(72(74)93)110-78-65(87-82(97)105-53-61-36-19-6-20-37-61)44-43-64(108-78)46-86-81(96)104-52-60-34-17-5-18-35-60/h1-24,26-41,64-76,78-79,91-93H,25,42-55H2,(H,85,95)(H,86,96)(H,87,97)(H,88,94)(H,89,98)(H,90,99)/t64?,65?,66-,67?,68-,69+,70-,71-,72?,73?,74+,75?,76?,78-,79-/m0/s1. The first-order valence-corrected chi connectivity index (χ1v) is 37.0. The van der Waals surface area contributed by atoms with Crippen LogP contribution < -0.4 is 31.9 Å². The lowest BCUT2D eigenvalue weighted by Gasteiger charge is -2.52. The van der Waals surface area contributed by atoms with E-state index in [9.17, 15) is 39.3 Å². The van der Waals surface area contributed by atoms with Crippen LogP contribution in [0.25, 0.3) is 0 Å². The number of hydrogen-bond donors (Lipinski definition) is 9. The van der Waals surface area contributed by atoms with Crippen molar-refractivity contribution in [1.29, 1.82) is 0 Å². The number of aliphatic hydroxyl groups is 3. The maximum Gasteiger partial charge on any atom is 0.407 e. The maximum absolute atomic E-state index is 15.9. The summed E-state index contributed by atoms with van der Waals surface area (Å²) in [5, 5.41) is 54.6. The van der Waals surface area contributed by atoms with Crippen molar-refractivity contribution in [2.24, 2.45) is 0 Å². The minimum atomic E-state index is -2.12. The summed E-state index contributed by atoms with van der Waals surface area (Å²) in [5.74, 6) is -0.807. The molecule has 11 rings (SSSR count). The number of hydrogen-bond acceptors (Lipinski definition) is 21. The first kappa shape index (κ1) is 81.2. The van der Waals surface area contributed by atoms with Gasteiger partial charge in [-0.25, -0.2) is 24.0 Å². The molecule has 6 amide bonds. The van der Waals surface area contributed by atoms with Gasteiger partial charge in [0.2, 0.25) is 5.91 Å². The topological polar surface area (TPSA) is 346 Å². The molecule has 9 N–H and O–H groups in total. The number of aliphatic hydroxyl groups excluding tert-OH is 3. The fourth-order valence-corrected chi connectivity index (χ4v) is 13.0. The zero-order chi connectivity index (χ0) is 77.4. The Morgan fingerprint density at radius 1 is 0.378 bits per heavy atom. The number of benzene rings is 8. The highest BCUT2D eigenvalue weighted by atomic mass is 16.7. The molecule has 2 heterocycles. The van der Waals surface area contributed by atoms with Crippen molar-refractivity contribution in [3.05, 3.63) is 287 Å². The van der Waals surface area contributed by atoms with Crippen LogP contribution in [0.1, 0.15) is 70.2 Å². The van der Waals surface area contributed by atoms with Gasteiger partial charge in [-0.3, -0.25) is 4.79 Å². The van der Waals surface area contributed by atoms with Gasteiger partial charge >= 0.3 is 30.5 Å². The van der Waals surface area contributed by atoms with E-state index in [4.69, 9.17) is 56.8 Å². The molecule has 1 aliphatic carbocycles. The van der Waals surface area contributed by atoms with Gasteiger partial charge < -0.3 is 104 Å². The van der Waals surface area contributed by atoms with Gasteiger partial charge in [0.15, 0.2) is 12.6 Å². The van der Waals surface area contributed by atoms with E-state index < -0.39 is 135 Å². The molecule has 0 spiro atoms. The highest BCUT2D eigenvalue weighted by molar-refractivity contribution is 5.81. The number of alkyl carbamates (subject to hydrolysis) is 5. The summed E-state index contributed by atoms with van der Waals surface area (Å²) in [6.07, 6.45) is -22.1. The van der Waals surface area contributed by atoms with Gasteiger partial charge in [0, 0.05) is 13.1 Å². The second-order valence-corrected chi connectivity index (χ2v) is 26.8. The molecule has 8 aromatic carbocycles. The molecule has 3 fully saturated rings. The third-order valence-corrected chi connectivity index (χ3v) is 18.8. The molecular weight excluding hydrogens is 1430 g/mol. The average Bonchev–Trinajstić information content (AvgIpc) is 0.752. The Labute approximate surface area is 643 Å². The second-order valence-electron chi connectivity index (χ2n) is 26.8. The number of ether oxygens (including phenoxy) is 12. The van der Waals surface area contributed by atoms with Crippen LogP contribution in [0.2, 0.25) is 0 Å². The van der Waals surface area contributed by atoms with E-state index in [1.807, 2.05) is 84.9 Å². The molecule has 2 aliphatic heterocycles. The van der Waals surface area contributed by atoms with Crippen molar-refractivity contribution in [2.75, 3.05) is 19.7 Å². The Morgan fingerprint density at radius 2 is 0.748 bits per heavy atom. The third-order valence-electron chi connectivity index (χ3n) is 18.8. The molecule has 7 unspecified atom stereocenters. The number of carbonyl (C=O) groups is 6. The van der Waals surface area contributed by atoms with Gasteiger partial charge in [0.25, 0.3) is 0 Å². The summed E-state index contributed by atoms with van der Waals surface area (Å²) in [5.41, 5.74) is 5.35. The van der Waals surface area contributed by atoms with Gasteiger partial charge in [-0.2, -0.15) is 0 Å². The fraction of sp³-hybridized carbons (Fsp3) is 0.357. The quantitative estimate of drug-likeness (QED) is 0.0132. The van der Waals surface area contributed by atoms with E-state index in [1.54, 1.807) is 158 Å². The number of nitrogens with one attached hydrogen (secondary N) is 6. The molecule has 27 heteroatoms. The summed E-state index contributed by atoms with van der Waals surface area (Å²) >= 11 is 0. The van der Waals surface area contributed by atoms with Crippen molar-refractivity contribution in [2.45, 2.75) is 170 Å². The van der Waals surface area contributed by atoms with Gasteiger partial charge in [-0.15, -0.1) is 0 Å². The van der Waals surface area contributed by atoms with E-state index in [0.29, 0.717) is 33.4 Å². The van der Waals surface area contributed by atoms with Gasteiger partial charge in [0.1, 0.15) is 81.9 Å². The van der Waals surface area contributed by atoms with Crippen LogP contribution in [-0.4, -0.2) is 163 Å². The number of amides is 6. The number of rotatable bonds is 35. The molecule has 15 atom stereocenters. The molecule has 3 aliphatic rings. The molecule has 0 radical (unpaired) electrons. The van der Waals surface area contributed by atoms with Crippen LogP contribution in [0.15, 0.2) is 243 Å². The SMILES string of the molecule is O=C(NCCC[C@H](OCc1ccccc1)C(=O)N[C@@H]1C(OCc2ccccc2)[C@H](NC(=O)OCc2ccccc2)C(O[C@@H]2OC(CNC(=O)OCc3ccccc3)CCC2NC(=O)OCc2ccccc2)C(O)[C@@H]1O[C@@H]1OC(CO)[C@H](O)[C@H](NC(=O)OCc2ccccc2)C1OCc1ccccc1)OCc1ccccc1. The lowest BCUT2D eigenvalue weighted by molar-refractivity contribution is -0.329. The second kappa shape index (κ2) is 43.0. The molecule has 0 bridgehead atoms. The normalized spacial score (nSPS) is 23.1. The number of carbonyl (C=O) groups excluding carboxylic acids is 6. The van der Waals surface area contributed by atoms with Crippen LogP contribution in [0.5, 0.6) is 0 Å². The van der Waals surface area contributed by atoms with Crippen molar-refractivity contribution in [3.63, 3.8) is 0 Å². The zero-order valence-electron chi connectivity index (χ0n) is 61.1. The van der Waals surface area contributed by atoms with E-state index in [-0.39, 0.29) is 91.6 Å². The molecular formula is C84H94N6O21. The largest absolute Gasteiger partial charge is 0.445 e. The predicted octanol–water partition coefficient (Wildman–Crippen LogP) is 9.47. The Hall–Kier alpha value is -10.8. The molecule has 8 aromatic rings. The lowest BCUT2D eigenvalue weighted by atomic mass is 9.80. The maximum atomic E-state index is 15.9. The van der Waals surface area contributed by atoms with Gasteiger partial charge in [0.05, 0.1) is 56.7 Å².